The highest BCUT2D eigenvalue weighted by atomic mass is 15.4. The monoisotopic (exact) mass is 341 g/mol. The molecular weight excluding hydrogens is 294 g/mol. The molecule has 0 aliphatic carbocycles. The molecule has 1 fully saturated rings. The van der Waals surface area contributed by atoms with Gasteiger partial charge in [0.25, 0.3) is 0 Å². The van der Waals surface area contributed by atoms with Crippen LogP contribution in [0.3, 0.4) is 0 Å². The van der Waals surface area contributed by atoms with E-state index in [9.17, 15) is 0 Å². The van der Waals surface area contributed by atoms with E-state index in [1.807, 2.05) is 0 Å². The summed E-state index contributed by atoms with van der Waals surface area (Å²) in [6, 6.07) is 0. The van der Waals surface area contributed by atoms with Crippen LogP contribution in [-0.2, 0) is 0 Å². The lowest BCUT2D eigenvalue weighted by atomic mass is 10.1. The molecule has 1 saturated heterocycles. The van der Waals surface area contributed by atoms with Gasteiger partial charge in [-0.15, -0.1) is 0 Å². The third kappa shape index (κ3) is 10.7. The minimum Gasteiger partial charge on any atom is -0.330 e. The SMILES string of the molecule is CCCCCCCCCCC[N+]1(C)CCN(CC[N+](C)(C)C)CC1. The van der Waals surface area contributed by atoms with Crippen LogP contribution in [0.15, 0.2) is 0 Å². The molecule has 0 saturated carbocycles. The normalized spacial score (nSPS) is 18.9. The van der Waals surface area contributed by atoms with Gasteiger partial charge in [-0.3, -0.25) is 4.90 Å². The maximum atomic E-state index is 2.68. The van der Waals surface area contributed by atoms with E-state index >= 15 is 0 Å². The Balaban J connectivity index is 2.02. The van der Waals surface area contributed by atoms with Crippen LogP contribution < -0.4 is 0 Å². The zero-order valence-corrected chi connectivity index (χ0v) is 17.7. The number of likely N-dealkylation sites (N-methyl/N-ethyl adjacent to an activating group) is 2. The van der Waals surface area contributed by atoms with E-state index in [-0.39, 0.29) is 0 Å². The van der Waals surface area contributed by atoms with E-state index in [4.69, 9.17) is 0 Å². The number of quaternary nitrogens is 2. The van der Waals surface area contributed by atoms with Crippen molar-refractivity contribution in [3.05, 3.63) is 0 Å². The van der Waals surface area contributed by atoms with E-state index < -0.39 is 0 Å². The van der Waals surface area contributed by atoms with E-state index in [1.54, 1.807) is 0 Å². The molecular formula is C21H47N3+2. The summed E-state index contributed by atoms with van der Waals surface area (Å²) < 4.78 is 2.40. The Hall–Kier alpha value is -0.120. The highest BCUT2D eigenvalue weighted by Crippen LogP contribution is 2.14. The van der Waals surface area contributed by atoms with Crippen molar-refractivity contribution < 1.29 is 8.97 Å². The third-order valence-electron chi connectivity index (χ3n) is 5.80. The summed E-state index contributed by atoms with van der Waals surface area (Å²) in [4.78, 5) is 2.68. The first-order chi connectivity index (χ1) is 11.3. The van der Waals surface area contributed by atoms with E-state index in [0.717, 1.165) is 4.48 Å². The molecule has 0 bridgehead atoms. The number of rotatable bonds is 13. The Bertz CT molecular complexity index is 301. The summed E-state index contributed by atoms with van der Waals surface area (Å²) in [6.07, 6.45) is 13.0. The van der Waals surface area contributed by atoms with Crippen LogP contribution in [-0.4, -0.2) is 87.9 Å². The van der Waals surface area contributed by atoms with Gasteiger partial charge < -0.3 is 8.97 Å². The fourth-order valence-electron chi connectivity index (χ4n) is 3.68. The van der Waals surface area contributed by atoms with Gasteiger partial charge in [0.05, 0.1) is 54.4 Å². The fourth-order valence-corrected chi connectivity index (χ4v) is 3.68. The Morgan fingerprint density at radius 2 is 1.29 bits per heavy atom. The second kappa shape index (κ2) is 11.5. The number of nitrogens with zero attached hydrogens (tertiary/aromatic N) is 3. The van der Waals surface area contributed by atoms with Crippen LogP contribution in [0.2, 0.25) is 0 Å². The molecule has 0 aromatic rings. The molecule has 1 aliphatic heterocycles. The van der Waals surface area contributed by atoms with Crippen molar-refractivity contribution in [2.75, 3.05) is 74.0 Å². The number of piperazine rings is 1. The van der Waals surface area contributed by atoms with Crippen molar-refractivity contribution in [3.8, 4) is 0 Å². The quantitative estimate of drug-likeness (QED) is 0.362. The Kier molecular flexibility index (Phi) is 10.5. The molecule has 1 aliphatic rings. The van der Waals surface area contributed by atoms with Gasteiger partial charge in [0.2, 0.25) is 0 Å². The topological polar surface area (TPSA) is 3.24 Å². The third-order valence-corrected chi connectivity index (χ3v) is 5.80. The molecule has 0 aromatic heterocycles. The van der Waals surface area contributed by atoms with Gasteiger partial charge in [-0.05, 0) is 12.8 Å². The maximum absolute atomic E-state index is 2.68. The number of unbranched alkanes of at least 4 members (excludes halogenated alkanes) is 8. The Morgan fingerprint density at radius 1 is 0.792 bits per heavy atom. The van der Waals surface area contributed by atoms with Gasteiger partial charge >= 0.3 is 0 Å². The van der Waals surface area contributed by atoms with Crippen LogP contribution in [0.4, 0.5) is 0 Å². The van der Waals surface area contributed by atoms with Gasteiger partial charge in [0.15, 0.2) is 0 Å². The average Bonchev–Trinajstić information content (AvgIpc) is 2.52. The molecule has 3 nitrogen and oxygen atoms in total. The smallest absolute Gasteiger partial charge is 0.0914 e. The van der Waals surface area contributed by atoms with Crippen molar-refractivity contribution in [1.82, 2.24) is 4.90 Å². The summed E-state index contributed by atoms with van der Waals surface area (Å²) in [5.41, 5.74) is 0. The van der Waals surface area contributed by atoms with Crippen LogP contribution in [0.25, 0.3) is 0 Å². The Labute approximate surface area is 153 Å². The summed E-state index contributed by atoms with van der Waals surface area (Å²) in [6.45, 7) is 11.5. The molecule has 24 heavy (non-hydrogen) atoms. The van der Waals surface area contributed by atoms with E-state index in [1.165, 1.54) is 108 Å². The molecule has 1 heterocycles. The second-order valence-electron chi connectivity index (χ2n) is 9.47. The fraction of sp³-hybridized carbons (Fsp3) is 1.00. The molecule has 1 rings (SSSR count). The zero-order valence-electron chi connectivity index (χ0n) is 17.7. The lowest BCUT2D eigenvalue weighted by Crippen LogP contribution is -2.58. The first-order valence-electron chi connectivity index (χ1n) is 10.7. The van der Waals surface area contributed by atoms with Crippen molar-refractivity contribution in [3.63, 3.8) is 0 Å². The number of hydrogen-bond acceptors (Lipinski definition) is 1. The largest absolute Gasteiger partial charge is 0.330 e. The van der Waals surface area contributed by atoms with Gasteiger partial charge in [0.1, 0.15) is 0 Å². The van der Waals surface area contributed by atoms with Crippen LogP contribution in [0, 0.1) is 0 Å². The summed E-state index contributed by atoms with van der Waals surface area (Å²) >= 11 is 0. The highest BCUT2D eigenvalue weighted by Gasteiger charge is 2.28. The molecule has 3 heteroatoms. The van der Waals surface area contributed by atoms with Crippen LogP contribution >= 0.6 is 0 Å². The van der Waals surface area contributed by atoms with Crippen molar-refractivity contribution in [1.29, 1.82) is 0 Å². The first-order valence-corrected chi connectivity index (χ1v) is 10.7. The zero-order chi connectivity index (χ0) is 17.9. The molecule has 0 unspecified atom stereocenters. The van der Waals surface area contributed by atoms with Gasteiger partial charge in [-0.2, -0.15) is 0 Å². The molecule has 0 N–H and O–H groups in total. The van der Waals surface area contributed by atoms with E-state index in [2.05, 4.69) is 40.0 Å². The van der Waals surface area contributed by atoms with Gasteiger partial charge in [0, 0.05) is 19.6 Å². The molecule has 0 atom stereocenters. The molecule has 0 spiro atoms. The molecule has 0 radical (unpaired) electrons. The average molecular weight is 342 g/mol. The standard InChI is InChI=1S/C21H47N3/c1-6-7-8-9-10-11-12-13-14-18-24(5)20-16-22(17-21-24)15-19-23(2,3)4/h6-21H2,1-5H3/q+2. The maximum Gasteiger partial charge on any atom is 0.0914 e. The minimum atomic E-state index is 1.08. The predicted molar refractivity (Wildman–Crippen MR) is 107 cm³/mol. The Morgan fingerprint density at radius 3 is 1.79 bits per heavy atom. The summed E-state index contributed by atoms with van der Waals surface area (Å²) in [5.74, 6) is 0. The lowest BCUT2D eigenvalue weighted by Gasteiger charge is -2.42. The van der Waals surface area contributed by atoms with Gasteiger partial charge in [-0.1, -0.05) is 51.9 Å². The van der Waals surface area contributed by atoms with Crippen LogP contribution in [0.5, 0.6) is 0 Å². The predicted octanol–water partition coefficient (Wildman–Crippen LogP) is 3.99. The van der Waals surface area contributed by atoms with Crippen LogP contribution in [0.1, 0.15) is 64.7 Å². The molecule has 0 amide bonds. The van der Waals surface area contributed by atoms with Crippen molar-refractivity contribution >= 4 is 0 Å². The summed E-state index contributed by atoms with van der Waals surface area (Å²) in [7, 11) is 9.39. The second-order valence-corrected chi connectivity index (χ2v) is 9.47. The molecule has 0 aromatic carbocycles. The first kappa shape index (κ1) is 21.9. The van der Waals surface area contributed by atoms with Crippen molar-refractivity contribution in [2.45, 2.75) is 64.7 Å². The van der Waals surface area contributed by atoms with E-state index in [0.29, 0.717) is 0 Å². The van der Waals surface area contributed by atoms with Gasteiger partial charge in [-0.25, -0.2) is 0 Å². The minimum absolute atomic E-state index is 1.08. The lowest BCUT2D eigenvalue weighted by molar-refractivity contribution is -0.914. The number of hydrogen-bond donors (Lipinski definition) is 0. The highest BCUT2D eigenvalue weighted by molar-refractivity contribution is 4.63. The molecule has 144 valence electrons. The van der Waals surface area contributed by atoms with Crippen molar-refractivity contribution in [2.24, 2.45) is 0 Å². The summed E-state index contributed by atoms with van der Waals surface area (Å²) in [5, 5.41) is 0.